The van der Waals surface area contributed by atoms with Gasteiger partial charge in [0.15, 0.2) is 0 Å². The van der Waals surface area contributed by atoms with Crippen LogP contribution >= 0.6 is 0 Å². The highest BCUT2D eigenvalue weighted by atomic mass is 16.3. The predicted molar refractivity (Wildman–Crippen MR) is 61.0 cm³/mol. The van der Waals surface area contributed by atoms with Gasteiger partial charge in [-0.2, -0.15) is 0 Å². The van der Waals surface area contributed by atoms with Crippen LogP contribution in [0.1, 0.15) is 5.56 Å². The number of hydrogen-bond donors (Lipinski definition) is 4. The second kappa shape index (κ2) is 7.35. The van der Waals surface area contributed by atoms with Gasteiger partial charge < -0.3 is 20.2 Å². The molecule has 4 N–H and O–H groups in total. The summed E-state index contributed by atoms with van der Waals surface area (Å²) in [6.45, 7) is 1.63. The summed E-state index contributed by atoms with van der Waals surface area (Å²) < 4.78 is 0. The van der Waals surface area contributed by atoms with Crippen LogP contribution in [0.3, 0.4) is 0 Å². The van der Waals surface area contributed by atoms with Gasteiger partial charge in [-0.15, -0.1) is 0 Å². The topological polar surface area (TPSA) is 65.1 Å². The average molecular weight is 226 g/mol. The van der Waals surface area contributed by atoms with Crippen molar-refractivity contribution in [3.63, 3.8) is 0 Å². The van der Waals surface area contributed by atoms with Crippen LogP contribution in [0.25, 0.3) is 0 Å². The molecule has 0 spiro atoms. The zero-order valence-corrected chi connectivity index (χ0v) is 9.34. The smallest absolute Gasteiger partial charge is 0.126 e. The van der Waals surface area contributed by atoms with E-state index in [0.717, 1.165) is 17.0 Å². The van der Waals surface area contributed by atoms with E-state index in [9.17, 15) is 5.11 Å². The van der Waals surface area contributed by atoms with E-state index in [4.69, 9.17) is 10.2 Å². The number of aliphatic hydroxyl groups is 3. The molecule has 0 saturated carbocycles. The normalized spacial score (nSPS) is 14.7. The second-order valence-corrected chi connectivity index (χ2v) is 3.93. The summed E-state index contributed by atoms with van der Waals surface area (Å²) in [5, 5.41) is 27.1. The SMILES string of the molecule is OCC[NH+](Cc1ccccc1)C[C@@H](O)CO. The highest BCUT2D eigenvalue weighted by Gasteiger charge is 2.14. The summed E-state index contributed by atoms with van der Waals surface area (Å²) in [4.78, 5) is 1.07. The van der Waals surface area contributed by atoms with Crippen molar-refractivity contribution in [2.75, 3.05) is 26.3 Å². The van der Waals surface area contributed by atoms with E-state index in [2.05, 4.69) is 0 Å². The molecule has 1 unspecified atom stereocenters. The highest BCUT2D eigenvalue weighted by molar-refractivity contribution is 5.13. The number of benzene rings is 1. The van der Waals surface area contributed by atoms with Crippen LogP contribution in [-0.4, -0.2) is 47.7 Å². The fraction of sp³-hybridized carbons (Fsp3) is 0.500. The minimum absolute atomic E-state index is 0.0836. The van der Waals surface area contributed by atoms with Crippen molar-refractivity contribution in [3.8, 4) is 0 Å². The van der Waals surface area contributed by atoms with E-state index in [0.29, 0.717) is 13.1 Å². The molecule has 0 saturated heterocycles. The maximum absolute atomic E-state index is 9.38. The molecule has 0 heterocycles. The Morgan fingerprint density at radius 2 is 1.81 bits per heavy atom. The number of rotatable bonds is 7. The number of quaternary nitrogens is 1. The Morgan fingerprint density at radius 1 is 1.12 bits per heavy atom. The van der Waals surface area contributed by atoms with Crippen LogP contribution in [0, 0.1) is 0 Å². The van der Waals surface area contributed by atoms with Gasteiger partial charge in [0.25, 0.3) is 0 Å². The molecule has 0 aliphatic carbocycles. The molecular formula is C12H20NO3+. The summed E-state index contributed by atoms with van der Waals surface area (Å²) in [5.41, 5.74) is 1.16. The molecular weight excluding hydrogens is 206 g/mol. The Hall–Kier alpha value is -0.940. The first-order chi connectivity index (χ1) is 7.76. The number of hydrogen-bond acceptors (Lipinski definition) is 3. The van der Waals surface area contributed by atoms with E-state index in [1.165, 1.54) is 0 Å². The van der Waals surface area contributed by atoms with E-state index in [-0.39, 0.29) is 13.2 Å². The monoisotopic (exact) mass is 226 g/mol. The molecule has 4 heteroatoms. The van der Waals surface area contributed by atoms with Gasteiger partial charge in [-0.25, -0.2) is 0 Å². The zero-order chi connectivity index (χ0) is 11.8. The summed E-state index contributed by atoms with van der Waals surface area (Å²) in [6, 6.07) is 9.92. The number of nitrogens with one attached hydrogen (secondary N) is 1. The average Bonchev–Trinajstić information content (AvgIpc) is 2.30. The van der Waals surface area contributed by atoms with Crippen molar-refractivity contribution >= 4 is 0 Å². The van der Waals surface area contributed by atoms with Gasteiger partial charge in [0.1, 0.15) is 25.7 Å². The van der Waals surface area contributed by atoms with Crippen LogP contribution in [0.2, 0.25) is 0 Å². The highest BCUT2D eigenvalue weighted by Crippen LogP contribution is 1.95. The van der Waals surface area contributed by atoms with Gasteiger partial charge in [-0.3, -0.25) is 0 Å². The predicted octanol–water partition coefficient (Wildman–Crippen LogP) is -1.58. The third-order valence-electron chi connectivity index (χ3n) is 2.50. The van der Waals surface area contributed by atoms with E-state index in [1.54, 1.807) is 0 Å². The first kappa shape index (κ1) is 13.1. The van der Waals surface area contributed by atoms with Gasteiger partial charge >= 0.3 is 0 Å². The molecule has 1 aromatic rings. The van der Waals surface area contributed by atoms with E-state index >= 15 is 0 Å². The molecule has 4 nitrogen and oxygen atoms in total. The fourth-order valence-corrected chi connectivity index (χ4v) is 1.70. The summed E-state index contributed by atoms with van der Waals surface area (Å²) >= 11 is 0. The van der Waals surface area contributed by atoms with Crippen LogP contribution in [0.4, 0.5) is 0 Å². The van der Waals surface area contributed by atoms with Crippen LogP contribution in [0.15, 0.2) is 30.3 Å². The molecule has 1 aromatic carbocycles. The van der Waals surface area contributed by atoms with Crippen molar-refractivity contribution in [2.45, 2.75) is 12.6 Å². The van der Waals surface area contributed by atoms with E-state index in [1.807, 2.05) is 30.3 Å². The zero-order valence-electron chi connectivity index (χ0n) is 9.34. The number of aliphatic hydroxyl groups excluding tert-OH is 3. The van der Waals surface area contributed by atoms with Gasteiger partial charge in [0, 0.05) is 5.56 Å². The Labute approximate surface area is 95.8 Å². The maximum Gasteiger partial charge on any atom is 0.126 e. The van der Waals surface area contributed by atoms with Gasteiger partial charge in [0.05, 0.1) is 13.2 Å². The Kier molecular flexibility index (Phi) is 6.03. The van der Waals surface area contributed by atoms with Crippen molar-refractivity contribution in [1.29, 1.82) is 0 Å². The molecule has 0 bridgehead atoms. The largest absolute Gasteiger partial charge is 0.393 e. The van der Waals surface area contributed by atoms with E-state index < -0.39 is 6.10 Å². The third-order valence-corrected chi connectivity index (χ3v) is 2.50. The lowest BCUT2D eigenvalue weighted by Crippen LogP contribution is -3.12. The first-order valence-electron chi connectivity index (χ1n) is 5.53. The molecule has 90 valence electrons. The lowest BCUT2D eigenvalue weighted by Gasteiger charge is -2.20. The summed E-state index contributed by atoms with van der Waals surface area (Å²) in [5.74, 6) is 0. The molecule has 0 amide bonds. The van der Waals surface area contributed by atoms with Crippen LogP contribution < -0.4 is 4.90 Å². The Bertz CT molecular complexity index is 279. The fourth-order valence-electron chi connectivity index (χ4n) is 1.70. The summed E-state index contributed by atoms with van der Waals surface area (Å²) in [6.07, 6.45) is -0.717. The Morgan fingerprint density at radius 3 is 2.38 bits per heavy atom. The van der Waals surface area contributed by atoms with Gasteiger partial charge in [0.2, 0.25) is 0 Å². The summed E-state index contributed by atoms with van der Waals surface area (Å²) in [7, 11) is 0. The first-order valence-corrected chi connectivity index (χ1v) is 5.53. The third kappa shape index (κ3) is 4.72. The minimum atomic E-state index is -0.717. The maximum atomic E-state index is 9.38. The molecule has 16 heavy (non-hydrogen) atoms. The van der Waals surface area contributed by atoms with Crippen LogP contribution in [-0.2, 0) is 6.54 Å². The molecule has 2 atom stereocenters. The second-order valence-electron chi connectivity index (χ2n) is 3.93. The standard InChI is InChI=1S/C12H19NO3/c14-7-6-13(9-12(16)10-15)8-11-4-2-1-3-5-11/h1-5,12,14-16H,6-10H2/p+1/t12-/m1/s1. The minimum Gasteiger partial charge on any atom is -0.393 e. The van der Waals surface area contributed by atoms with Crippen LogP contribution in [0.5, 0.6) is 0 Å². The lowest BCUT2D eigenvalue weighted by molar-refractivity contribution is -0.917. The van der Waals surface area contributed by atoms with Gasteiger partial charge in [-0.1, -0.05) is 30.3 Å². The van der Waals surface area contributed by atoms with Crippen molar-refractivity contribution in [3.05, 3.63) is 35.9 Å². The molecule has 0 aliphatic heterocycles. The Balaban J connectivity index is 2.50. The lowest BCUT2D eigenvalue weighted by atomic mass is 10.2. The van der Waals surface area contributed by atoms with Crippen molar-refractivity contribution in [2.24, 2.45) is 0 Å². The van der Waals surface area contributed by atoms with Crippen molar-refractivity contribution < 1.29 is 20.2 Å². The molecule has 0 aliphatic rings. The van der Waals surface area contributed by atoms with Crippen molar-refractivity contribution in [1.82, 2.24) is 0 Å². The molecule has 0 fully saturated rings. The van der Waals surface area contributed by atoms with Gasteiger partial charge in [-0.05, 0) is 0 Å². The molecule has 0 radical (unpaired) electrons. The molecule has 1 rings (SSSR count). The molecule has 0 aromatic heterocycles. The quantitative estimate of drug-likeness (QED) is 0.453.